The maximum absolute atomic E-state index is 12.8. The van der Waals surface area contributed by atoms with Gasteiger partial charge in [0, 0.05) is 15.6 Å². The van der Waals surface area contributed by atoms with Crippen LogP contribution in [-0.2, 0) is 17.9 Å². The van der Waals surface area contributed by atoms with Gasteiger partial charge in [-0.05, 0) is 41.5 Å². The summed E-state index contributed by atoms with van der Waals surface area (Å²) in [5.41, 5.74) is 2.80. The van der Waals surface area contributed by atoms with E-state index in [0.29, 0.717) is 38.2 Å². The van der Waals surface area contributed by atoms with E-state index < -0.39 is 0 Å². The number of carbonyl (C=O) groups is 1. The minimum atomic E-state index is -0.0726. The van der Waals surface area contributed by atoms with E-state index in [1.54, 1.807) is 17.0 Å². The molecule has 1 heterocycles. The van der Waals surface area contributed by atoms with E-state index in [9.17, 15) is 4.79 Å². The first kappa shape index (κ1) is 21.9. The lowest BCUT2D eigenvalue weighted by atomic mass is 10.2. The van der Waals surface area contributed by atoms with Crippen molar-refractivity contribution in [1.29, 1.82) is 0 Å². The number of nitrogens with zero attached hydrogens (tertiary/aromatic N) is 1. The van der Waals surface area contributed by atoms with Gasteiger partial charge in [0.1, 0.15) is 16.7 Å². The van der Waals surface area contributed by atoms with Crippen molar-refractivity contribution in [3.05, 3.63) is 104 Å². The fraction of sp³-hybridized carbons (Fsp3) is 0.0833. The Bertz CT molecular complexity index is 1150. The Hall–Kier alpha value is -2.31. The van der Waals surface area contributed by atoms with E-state index >= 15 is 0 Å². The second kappa shape index (κ2) is 9.88. The van der Waals surface area contributed by atoms with Crippen LogP contribution in [0.15, 0.2) is 77.7 Å². The summed E-state index contributed by atoms with van der Waals surface area (Å²) >= 11 is 18.8. The van der Waals surface area contributed by atoms with Gasteiger partial charge in [0.05, 0.1) is 11.4 Å². The van der Waals surface area contributed by atoms with Crippen molar-refractivity contribution >= 4 is 63.5 Å². The lowest BCUT2D eigenvalue weighted by Gasteiger charge is -2.14. The van der Waals surface area contributed by atoms with Crippen LogP contribution in [0.3, 0.4) is 0 Å². The first-order valence-corrected chi connectivity index (χ1v) is 11.4. The molecule has 1 aliphatic rings. The zero-order valence-electron chi connectivity index (χ0n) is 16.3. The number of hydrogen-bond donors (Lipinski definition) is 0. The van der Waals surface area contributed by atoms with Gasteiger partial charge in [-0.15, -0.1) is 0 Å². The third-order valence-electron chi connectivity index (χ3n) is 4.64. The summed E-state index contributed by atoms with van der Waals surface area (Å²) < 4.78 is 6.38. The highest BCUT2D eigenvalue weighted by atomic mass is 35.5. The van der Waals surface area contributed by atoms with Gasteiger partial charge in [-0.25, -0.2) is 0 Å². The van der Waals surface area contributed by atoms with Crippen LogP contribution in [0.2, 0.25) is 10.0 Å². The number of ether oxygens (including phenoxy) is 1. The van der Waals surface area contributed by atoms with E-state index in [1.807, 2.05) is 66.7 Å². The van der Waals surface area contributed by atoms with Crippen LogP contribution in [0.4, 0.5) is 0 Å². The third-order valence-corrected chi connectivity index (χ3v) is 6.61. The molecule has 4 rings (SSSR count). The fourth-order valence-corrected chi connectivity index (χ4v) is 4.73. The van der Waals surface area contributed by atoms with Gasteiger partial charge in [-0.1, -0.05) is 95.7 Å². The number of rotatable bonds is 6. The summed E-state index contributed by atoms with van der Waals surface area (Å²) in [6.07, 6.45) is 1.85. The standard InChI is InChI=1S/C24H17Cl2NO2S2/c25-19-9-8-18(21(26)13-19)15-29-20-10-6-16(7-11-20)12-22-23(28)27(24(30)31-22)14-17-4-2-1-3-5-17/h1-13H,14-15H2/b22-12+. The molecule has 0 radical (unpaired) electrons. The van der Waals surface area contributed by atoms with Crippen LogP contribution in [0.25, 0.3) is 6.08 Å². The highest BCUT2D eigenvalue weighted by molar-refractivity contribution is 8.26. The summed E-state index contributed by atoms with van der Waals surface area (Å²) in [6, 6.07) is 22.7. The van der Waals surface area contributed by atoms with Gasteiger partial charge in [-0.2, -0.15) is 0 Å². The second-order valence-electron chi connectivity index (χ2n) is 6.85. The maximum Gasteiger partial charge on any atom is 0.266 e. The zero-order chi connectivity index (χ0) is 21.8. The first-order valence-electron chi connectivity index (χ1n) is 9.46. The van der Waals surface area contributed by atoms with Gasteiger partial charge in [0.25, 0.3) is 5.91 Å². The van der Waals surface area contributed by atoms with Crippen molar-refractivity contribution < 1.29 is 9.53 Å². The highest BCUT2D eigenvalue weighted by Gasteiger charge is 2.31. The summed E-state index contributed by atoms with van der Waals surface area (Å²) in [5, 5.41) is 1.16. The lowest BCUT2D eigenvalue weighted by molar-refractivity contribution is -0.122. The quantitative estimate of drug-likeness (QED) is 0.278. The largest absolute Gasteiger partial charge is 0.489 e. The number of carbonyl (C=O) groups excluding carboxylic acids is 1. The molecule has 3 aromatic rings. The van der Waals surface area contributed by atoms with Gasteiger partial charge < -0.3 is 4.74 Å². The monoisotopic (exact) mass is 485 g/mol. The van der Waals surface area contributed by atoms with E-state index in [0.717, 1.165) is 16.7 Å². The molecule has 0 spiro atoms. The van der Waals surface area contributed by atoms with Crippen LogP contribution >= 0.6 is 47.2 Å². The summed E-state index contributed by atoms with van der Waals surface area (Å²) in [4.78, 5) is 15.1. The Morgan fingerprint density at radius 2 is 1.74 bits per heavy atom. The van der Waals surface area contributed by atoms with Gasteiger partial charge in [0.2, 0.25) is 0 Å². The van der Waals surface area contributed by atoms with Crippen molar-refractivity contribution in [1.82, 2.24) is 4.90 Å². The summed E-state index contributed by atoms with van der Waals surface area (Å²) in [7, 11) is 0. The van der Waals surface area contributed by atoms with Crippen molar-refractivity contribution in [2.45, 2.75) is 13.2 Å². The topological polar surface area (TPSA) is 29.5 Å². The van der Waals surface area contributed by atoms with Gasteiger partial charge in [-0.3, -0.25) is 9.69 Å². The zero-order valence-corrected chi connectivity index (χ0v) is 19.4. The second-order valence-corrected chi connectivity index (χ2v) is 9.37. The Morgan fingerprint density at radius 1 is 1.00 bits per heavy atom. The molecule has 0 saturated carbocycles. The number of amides is 1. The predicted molar refractivity (Wildman–Crippen MR) is 132 cm³/mol. The Kier molecular flexibility index (Phi) is 6.98. The van der Waals surface area contributed by atoms with Crippen LogP contribution in [0.5, 0.6) is 5.75 Å². The molecule has 0 aliphatic carbocycles. The number of thioether (sulfide) groups is 1. The Balaban J connectivity index is 1.41. The molecule has 0 atom stereocenters. The maximum atomic E-state index is 12.8. The third kappa shape index (κ3) is 5.49. The van der Waals surface area contributed by atoms with Gasteiger partial charge >= 0.3 is 0 Å². The molecule has 3 nitrogen and oxygen atoms in total. The summed E-state index contributed by atoms with van der Waals surface area (Å²) in [5.74, 6) is 0.636. The molecule has 156 valence electrons. The lowest BCUT2D eigenvalue weighted by Crippen LogP contribution is -2.27. The highest BCUT2D eigenvalue weighted by Crippen LogP contribution is 2.34. The molecule has 0 N–H and O–H groups in total. The molecule has 1 saturated heterocycles. The van der Waals surface area contributed by atoms with Gasteiger partial charge in [0.15, 0.2) is 0 Å². The van der Waals surface area contributed by atoms with Crippen molar-refractivity contribution in [3.8, 4) is 5.75 Å². The number of halogens is 2. The molecular formula is C24H17Cl2NO2S2. The van der Waals surface area contributed by atoms with E-state index in [4.69, 9.17) is 40.2 Å². The van der Waals surface area contributed by atoms with Crippen molar-refractivity contribution in [2.24, 2.45) is 0 Å². The molecule has 0 aromatic heterocycles. The fourth-order valence-electron chi connectivity index (χ4n) is 3.01. The molecule has 7 heteroatoms. The average molecular weight is 486 g/mol. The van der Waals surface area contributed by atoms with E-state index in [1.165, 1.54) is 11.8 Å². The van der Waals surface area contributed by atoms with E-state index in [-0.39, 0.29) is 5.91 Å². The SMILES string of the molecule is O=C1/C(=C\c2ccc(OCc3ccc(Cl)cc3Cl)cc2)SC(=S)N1Cc1ccccc1. The Morgan fingerprint density at radius 3 is 2.45 bits per heavy atom. The smallest absolute Gasteiger partial charge is 0.266 e. The minimum absolute atomic E-state index is 0.0726. The van der Waals surface area contributed by atoms with E-state index in [2.05, 4.69) is 0 Å². The van der Waals surface area contributed by atoms with Crippen LogP contribution < -0.4 is 4.74 Å². The Labute approximate surface area is 200 Å². The first-order chi connectivity index (χ1) is 15.0. The van der Waals surface area contributed by atoms with Crippen LogP contribution in [0, 0.1) is 0 Å². The van der Waals surface area contributed by atoms with Crippen LogP contribution in [-0.4, -0.2) is 15.1 Å². The molecule has 0 bridgehead atoms. The molecule has 0 unspecified atom stereocenters. The number of benzene rings is 3. The summed E-state index contributed by atoms with van der Waals surface area (Å²) in [6.45, 7) is 0.816. The number of thiocarbonyl (C=S) groups is 1. The van der Waals surface area contributed by atoms with Crippen molar-refractivity contribution in [2.75, 3.05) is 0 Å². The minimum Gasteiger partial charge on any atom is -0.489 e. The molecule has 1 amide bonds. The van der Waals surface area contributed by atoms with Crippen LogP contribution in [0.1, 0.15) is 16.7 Å². The molecule has 1 aliphatic heterocycles. The average Bonchev–Trinajstić information content (AvgIpc) is 3.02. The van der Waals surface area contributed by atoms with Crippen molar-refractivity contribution in [3.63, 3.8) is 0 Å². The molecule has 3 aromatic carbocycles. The predicted octanol–water partition coefficient (Wildman–Crippen LogP) is 6.97. The normalized spacial score (nSPS) is 15.0. The molecule has 1 fully saturated rings. The number of hydrogen-bond acceptors (Lipinski definition) is 4. The molecule has 31 heavy (non-hydrogen) atoms. The molecular weight excluding hydrogens is 469 g/mol.